The van der Waals surface area contributed by atoms with Crippen LogP contribution in [-0.4, -0.2) is 39.6 Å². The molecule has 10 nitrogen and oxygen atoms in total. The first kappa shape index (κ1) is 28.0. The summed E-state index contributed by atoms with van der Waals surface area (Å²) in [6.07, 6.45) is 6.78. The average Bonchev–Trinajstić information content (AvgIpc) is 3.33. The van der Waals surface area contributed by atoms with Gasteiger partial charge in [-0.3, -0.25) is 14.2 Å². The van der Waals surface area contributed by atoms with Gasteiger partial charge in [-0.2, -0.15) is 5.26 Å². The van der Waals surface area contributed by atoms with E-state index in [9.17, 15) is 14.9 Å². The van der Waals surface area contributed by atoms with E-state index in [1.165, 1.54) is 6.08 Å². The van der Waals surface area contributed by atoms with Crippen molar-refractivity contribution < 1.29 is 19.1 Å². The van der Waals surface area contributed by atoms with Crippen molar-refractivity contribution in [2.45, 2.75) is 33.0 Å². The number of amides is 1. The number of anilines is 1. The van der Waals surface area contributed by atoms with E-state index in [-0.39, 0.29) is 24.2 Å². The Hall–Kier alpha value is -5.01. The van der Waals surface area contributed by atoms with E-state index < -0.39 is 12.0 Å². The van der Waals surface area contributed by atoms with Crippen LogP contribution in [0.4, 0.5) is 5.69 Å². The lowest BCUT2D eigenvalue weighted by atomic mass is 10.0. The van der Waals surface area contributed by atoms with Gasteiger partial charge in [0, 0.05) is 46.9 Å². The van der Waals surface area contributed by atoms with Crippen molar-refractivity contribution in [2.75, 3.05) is 12.4 Å². The van der Waals surface area contributed by atoms with Crippen LogP contribution in [0.1, 0.15) is 26.0 Å². The van der Waals surface area contributed by atoms with Crippen LogP contribution in [0.5, 0.6) is 5.75 Å². The second kappa shape index (κ2) is 12.2. The zero-order valence-electron chi connectivity index (χ0n) is 22.5. The summed E-state index contributed by atoms with van der Waals surface area (Å²) < 4.78 is 12.7. The van der Waals surface area contributed by atoms with Gasteiger partial charge in [0.05, 0.1) is 7.11 Å². The molecular formula is C30H30N6O4. The Balaban J connectivity index is 1.79. The number of nitrogens with one attached hydrogen (secondary N) is 1. The van der Waals surface area contributed by atoms with Gasteiger partial charge in [-0.1, -0.05) is 20.4 Å². The summed E-state index contributed by atoms with van der Waals surface area (Å²) in [6.45, 7) is 7.39. The van der Waals surface area contributed by atoms with Gasteiger partial charge >= 0.3 is 5.97 Å². The Kier molecular flexibility index (Phi) is 8.57. The van der Waals surface area contributed by atoms with Gasteiger partial charge in [-0.15, -0.1) is 0 Å². The zero-order valence-corrected chi connectivity index (χ0v) is 22.5. The van der Waals surface area contributed by atoms with Gasteiger partial charge in [0.25, 0.3) is 0 Å². The molecule has 0 radical (unpaired) electrons. The minimum absolute atomic E-state index is 0.0828. The molecule has 3 heterocycles. The number of ether oxygens (including phenoxy) is 2. The minimum Gasteiger partial charge on any atom is -0.497 e. The minimum atomic E-state index is -0.719. The Bertz CT molecular complexity index is 1620. The van der Waals surface area contributed by atoms with Gasteiger partial charge in [0.15, 0.2) is 6.73 Å². The number of aromatic nitrogens is 3. The monoisotopic (exact) mass is 538 g/mol. The van der Waals surface area contributed by atoms with E-state index in [2.05, 4.69) is 22.9 Å². The Labute approximate surface area is 232 Å². The highest BCUT2D eigenvalue weighted by Crippen LogP contribution is 2.35. The van der Waals surface area contributed by atoms with Gasteiger partial charge in [0.1, 0.15) is 29.2 Å². The second-order valence-corrected chi connectivity index (χ2v) is 9.62. The first-order valence-corrected chi connectivity index (χ1v) is 12.6. The largest absolute Gasteiger partial charge is 0.497 e. The smallest absolute Gasteiger partial charge is 0.324 e. The van der Waals surface area contributed by atoms with E-state index in [0.29, 0.717) is 23.5 Å². The van der Waals surface area contributed by atoms with Crippen LogP contribution in [0.2, 0.25) is 0 Å². The number of fused-ring (bicyclic) bond motifs is 1. The summed E-state index contributed by atoms with van der Waals surface area (Å²) in [4.78, 5) is 33.2. The number of benzene rings is 1. The molecule has 0 bridgehead atoms. The molecule has 10 heteroatoms. The molecule has 40 heavy (non-hydrogen) atoms. The Morgan fingerprint density at radius 1 is 1.18 bits per heavy atom. The number of nitrogens with two attached hydrogens (primary N) is 1. The molecule has 3 aromatic heterocycles. The highest BCUT2D eigenvalue weighted by Gasteiger charge is 2.19. The number of nitriles is 1. The third-order valence-corrected chi connectivity index (χ3v) is 6.20. The second-order valence-electron chi connectivity index (χ2n) is 9.62. The molecular weight excluding hydrogens is 508 g/mol. The van der Waals surface area contributed by atoms with Gasteiger partial charge in [-0.05, 0) is 59.9 Å². The number of hydrogen-bond acceptors (Lipinski definition) is 8. The van der Waals surface area contributed by atoms with Crippen molar-refractivity contribution in [3.63, 3.8) is 0 Å². The standard InChI is InChI=1S/C30H30N6O4/c1-5-28(37)35-22-10-20(11-24(13-22)39-4)21-12-25-26(19-6-7-33-23(9-19)14-31)16-36(29(25)34-15-21)17-40-30(38)27(32)8-18(2)3/h5-7,9-13,15-16,18,27H,1,8,17,32H2,2-4H3,(H,35,37). The number of rotatable bonds is 10. The summed E-state index contributed by atoms with van der Waals surface area (Å²) in [6, 6.07) is 12.1. The SMILES string of the molecule is C=CC(=O)Nc1cc(OC)cc(-c2cnc3c(c2)c(-c2ccnc(C#N)c2)cn3COC(=O)C(N)CC(C)C)c1. The third-order valence-electron chi connectivity index (χ3n) is 6.20. The van der Waals surface area contributed by atoms with Crippen LogP contribution in [0.3, 0.4) is 0 Å². The normalized spacial score (nSPS) is 11.6. The number of pyridine rings is 2. The van der Waals surface area contributed by atoms with Crippen molar-refractivity contribution in [2.24, 2.45) is 11.7 Å². The summed E-state index contributed by atoms with van der Waals surface area (Å²) in [7, 11) is 1.54. The van der Waals surface area contributed by atoms with Crippen LogP contribution in [-0.2, 0) is 21.1 Å². The van der Waals surface area contributed by atoms with Crippen LogP contribution in [0.25, 0.3) is 33.3 Å². The summed E-state index contributed by atoms with van der Waals surface area (Å²) in [5.74, 6) is -0.0345. The number of carbonyl (C=O) groups is 2. The van der Waals surface area contributed by atoms with Crippen molar-refractivity contribution >= 4 is 28.6 Å². The maximum absolute atomic E-state index is 12.5. The number of carbonyl (C=O) groups excluding carboxylic acids is 2. The molecule has 1 atom stereocenters. The van der Waals surface area contributed by atoms with Gasteiger partial charge in [-0.25, -0.2) is 9.97 Å². The molecule has 0 fully saturated rings. The predicted octanol–water partition coefficient (Wildman–Crippen LogP) is 4.64. The van der Waals surface area contributed by atoms with Crippen LogP contribution in [0, 0.1) is 17.2 Å². The molecule has 1 unspecified atom stereocenters. The molecule has 204 valence electrons. The lowest BCUT2D eigenvalue weighted by molar-refractivity contribution is -0.149. The topological polar surface area (TPSA) is 145 Å². The van der Waals surface area contributed by atoms with E-state index in [1.807, 2.05) is 38.2 Å². The van der Waals surface area contributed by atoms with E-state index in [0.717, 1.165) is 27.6 Å². The van der Waals surface area contributed by atoms with Crippen molar-refractivity contribution in [3.8, 4) is 34.1 Å². The fourth-order valence-corrected chi connectivity index (χ4v) is 4.31. The van der Waals surface area contributed by atoms with Crippen molar-refractivity contribution in [1.82, 2.24) is 14.5 Å². The molecule has 0 aliphatic heterocycles. The molecule has 0 aliphatic carbocycles. The lowest BCUT2D eigenvalue weighted by Crippen LogP contribution is -2.33. The molecule has 0 spiro atoms. The Morgan fingerprint density at radius 2 is 1.98 bits per heavy atom. The van der Waals surface area contributed by atoms with E-state index in [1.54, 1.807) is 42.3 Å². The fraction of sp³-hybridized carbons (Fsp3) is 0.233. The zero-order chi connectivity index (χ0) is 28.8. The molecule has 3 N–H and O–H groups in total. The van der Waals surface area contributed by atoms with E-state index in [4.69, 9.17) is 20.2 Å². The first-order chi connectivity index (χ1) is 19.2. The summed E-state index contributed by atoms with van der Waals surface area (Å²) in [5.41, 5.74) is 10.4. The van der Waals surface area contributed by atoms with Gasteiger partial charge in [0.2, 0.25) is 5.91 Å². The molecule has 0 aliphatic rings. The highest BCUT2D eigenvalue weighted by atomic mass is 16.5. The number of esters is 1. The molecule has 0 saturated carbocycles. The highest BCUT2D eigenvalue weighted by molar-refractivity contribution is 6.00. The van der Waals surface area contributed by atoms with Crippen molar-refractivity contribution in [3.05, 3.63) is 73.3 Å². The van der Waals surface area contributed by atoms with Crippen LogP contribution in [0.15, 0.2) is 67.6 Å². The number of nitrogens with zero attached hydrogens (tertiary/aromatic N) is 4. The Morgan fingerprint density at radius 3 is 2.67 bits per heavy atom. The summed E-state index contributed by atoms with van der Waals surface area (Å²) >= 11 is 0. The number of hydrogen-bond donors (Lipinski definition) is 2. The molecule has 1 aromatic carbocycles. The van der Waals surface area contributed by atoms with Crippen LogP contribution < -0.4 is 15.8 Å². The quantitative estimate of drug-likeness (QED) is 0.219. The molecule has 1 amide bonds. The molecule has 4 aromatic rings. The fourth-order valence-electron chi connectivity index (χ4n) is 4.31. The van der Waals surface area contributed by atoms with Crippen LogP contribution >= 0.6 is 0 Å². The third kappa shape index (κ3) is 6.34. The maximum atomic E-state index is 12.5. The average molecular weight is 539 g/mol. The molecule has 4 rings (SSSR count). The first-order valence-electron chi connectivity index (χ1n) is 12.6. The lowest BCUT2D eigenvalue weighted by Gasteiger charge is -2.14. The van der Waals surface area contributed by atoms with E-state index >= 15 is 0 Å². The maximum Gasteiger partial charge on any atom is 0.324 e. The summed E-state index contributed by atoms with van der Waals surface area (Å²) in [5, 5.41) is 12.9. The van der Waals surface area contributed by atoms with Gasteiger partial charge < -0.3 is 20.5 Å². The predicted molar refractivity (Wildman–Crippen MR) is 152 cm³/mol. The van der Waals surface area contributed by atoms with Crippen molar-refractivity contribution in [1.29, 1.82) is 5.26 Å². The number of methoxy groups -OCH3 is 1. The molecule has 0 saturated heterocycles.